The average molecular weight is 273 g/mol. The van der Waals surface area contributed by atoms with Crippen molar-refractivity contribution in [2.45, 2.75) is 45.4 Å². The molecule has 0 spiro atoms. The van der Waals surface area contributed by atoms with Gasteiger partial charge in [0, 0.05) is 24.2 Å². The fourth-order valence-electron chi connectivity index (χ4n) is 2.32. The summed E-state index contributed by atoms with van der Waals surface area (Å²) in [5, 5.41) is 0.975. The molecule has 0 amide bonds. The van der Waals surface area contributed by atoms with Gasteiger partial charge in [0.25, 0.3) is 5.56 Å². The first-order chi connectivity index (χ1) is 9.83. The molecular formula is C16H23N3O. The Labute approximate surface area is 119 Å². The highest BCUT2D eigenvalue weighted by molar-refractivity contribution is 5.74. The Morgan fingerprint density at radius 2 is 1.90 bits per heavy atom. The van der Waals surface area contributed by atoms with Crippen molar-refractivity contribution in [2.24, 2.45) is 0 Å². The molecule has 0 saturated heterocycles. The van der Waals surface area contributed by atoms with E-state index >= 15 is 0 Å². The zero-order valence-corrected chi connectivity index (χ0v) is 12.1. The molecule has 0 fully saturated rings. The van der Waals surface area contributed by atoms with Gasteiger partial charge in [0.2, 0.25) is 0 Å². The second kappa shape index (κ2) is 7.68. The van der Waals surface area contributed by atoms with Gasteiger partial charge < -0.3 is 5.43 Å². The topological polar surface area (TPSA) is 46.9 Å². The second-order valence-corrected chi connectivity index (χ2v) is 5.10. The molecule has 108 valence electrons. The van der Waals surface area contributed by atoms with Crippen LogP contribution in [0.3, 0.4) is 0 Å². The third kappa shape index (κ3) is 3.83. The predicted octanol–water partition coefficient (Wildman–Crippen LogP) is 3.30. The highest BCUT2D eigenvalue weighted by Crippen LogP contribution is 2.07. The van der Waals surface area contributed by atoms with Gasteiger partial charge in [-0.3, -0.25) is 4.79 Å². The van der Waals surface area contributed by atoms with Crippen molar-refractivity contribution in [3.63, 3.8) is 0 Å². The summed E-state index contributed by atoms with van der Waals surface area (Å²) >= 11 is 0. The standard InChI is InChI=1S/C16H23N3O/c1-2-3-4-5-6-7-13-18-19-15(20)11-10-14-9-8-12-17-16(14)19/h8-12,18H,2-7,13H2,1H3. The number of aromatic nitrogens is 2. The van der Waals surface area contributed by atoms with Crippen LogP contribution in [-0.2, 0) is 0 Å². The van der Waals surface area contributed by atoms with Gasteiger partial charge in [-0.25, -0.2) is 9.66 Å². The smallest absolute Gasteiger partial charge is 0.270 e. The molecule has 20 heavy (non-hydrogen) atoms. The lowest BCUT2D eigenvalue weighted by Gasteiger charge is -2.11. The van der Waals surface area contributed by atoms with E-state index in [1.165, 1.54) is 32.1 Å². The molecule has 1 N–H and O–H groups in total. The van der Waals surface area contributed by atoms with Crippen LogP contribution in [0.15, 0.2) is 35.3 Å². The third-order valence-corrected chi connectivity index (χ3v) is 3.45. The molecule has 0 bridgehead atoms. The van der Waals surface area contributed by atoms with E-state index in [1.807, 2.05) is 18.2 Å². The zero-order valence-electron chi connectivity index (χ0n) is 12.1. The summed E-state index contributed by atoms with van der Waals surface area (Å²) in [5.74, 6) is 0. The maximum absolute atomic E-state index is 11.9. The highest BCUT2D eigenvalue weighted by Gasteiger charge is 2.02. The first-order valence-corrected chi connectivity index (χ1v) is 7.53. The molecule has 2 rings (SSSR count). The van der Waals surface area contributed by atoms with Crippen LogP contribution < -0.4 is 11.0 Å². The van der Waals surface area contributed by atoms with Crippen molar-refractivity contribution in [1.82, 2.24) is 9.66 Å². The van der Waals surface area contributed by atoms with E-state index in [2.05, 4.69) is 17.3 Å². The Kier molecular flexibility index (Phi) is 5.59. The number of hydrogen-bond donors (Lipinski definition) is 1. The van der Waals surface area contributed by atoms with E-state index < -0.39 is 0 Å². The molecule has 2 aromatic rings. The first-order valence-electron chi connectivity index (χ1n) is 7.53. The van der Waals surface area contributed by atoms with Crippen LogP contribution in [0.5, 0.6) is 0 Å². The minimum absolute atomic E-state index is 0.0535. The van der Waals surface area contributed by atoms with E-state index in [0.29, 0.717) is 5.65 Å². The van der Waals surface area contributed by atoms with Gasteiger partial charge in [-0.15, -0.1) is 0 Å². The number of rotatable bonds is 8. The number of nitrogens with zero attached hydrogens (tertiary/aromatic N) is 2. The lowest BCUT2D eigenvalue weighted by atomic mass is 10.1. The van der Waals surface area contributed by atoms with Crippen molar-refractivity contribution in [3.8, 4) is 0 Å². The monoisotopic (exact) mass is 273 g/mol. The maximum atomic E-state index is 11.9. The molecule has 0 aliphatic carbocycles. The molecule has 0 atom stereocenters. The lowest BCUT2D eigenvalue weighted by Crippen LogP contribution is -2.29. The van der Waals surface area contributed by atoms with E-state index in [4.69, 9.17) is 0 Å². The van der Waals surface area contributed by atoms with Gasteiger partial charge in [-0.05, 0) is 24.6 Å². The van der Waals surface area contributed by atoms with Crippen molar-refractivity contribution in [1.29, 1.82) is 0 Å². The Hall–Kier alpha value is -1.84. The van der Waals surface area contributed by atoms with Gasteiger partial charge >= 0.3 is 0 Å². The SMILES string of the molecule is CCCCCCCCNn1c(=O)ccc2cccnc21. The predicted molar refractivity (Wildman–Crippen MR) is 83.6 cm³/mol. The van der Waals surface area contributed by atoms with Gasteiger partial charge in [-0.1, -0.05) is 39.0 Å². The molecule has 2 aromatic heterocycles. The molecule has 4 heteroatoms. The van der Waals surface area contributed by atoms with Crippen LogP contribution >= 0.6 is 0 Å². The normalized spacial score (nSPS) is 10.8. The average Bonchev–Trinajstić information content (AvgIpc) is 2.48. The van der Waals surface area contributed by atoms with Gasteiger partial charge in [0.05, 0.1) is 0 Å². The summed E-state index contributed by atoms with van der Waals surface area (Å²) in [6.07, 6.45) is 9.18. The first kappa shape index (κ1) is 14.6. The summed E-state index contributed by atoms with van der Waals surface area (Å²) in [6, 6.07) is 7.24. The molecule has 0 radical (unpaired) electrons. The van der Waals surface area contributed by atoms with Crippen molar-refractivity contribution >= 4 is 11.0 Å². The zero-order chi connectivity index (χ0) is 14.2. The summed E-state index contributed by atoms with van der Waals surface area (Å²) < 4.78 is 1.56. The van der Waals surface area contributed by atoms with Crippen LogP contribution in [0, 0.1) is 0 Å². The fraction of sp³-hybridized carbons (Fsp3) is 0.500. The van der Waals surface area contributed by atoms with Gasteiger partial charge in [0.1, 0.15) is 0 Å². The molecular weight excluding hydrogens is 250 g/mol. The quantitative estimate of drug-likeness (QED) is 0.751. The summed E-state index contributed by atoms with van der Waals surface area (Å²) in [4.78, 5) is 16.2. The van der Waals surface area contributed by atoms with E-state index in [9.17, 15) is 4.79 Å². The molecule has 2 heterocycles. The summed E-state index contributed by atoms with van der Waals surface area (Å²) in [7, 11) is 0. The minimum Gasteiger partial charge on any atom is -0.321 e. The van der Waals surface area contributed by atoms with Crippen LogP contribution in [0.1, 0.15) is 45.4 Å². The minimum atomic E-state index is -0.0535. The Balaban J connectivity index is 1.90. The third-order valence-electron chi connectivity index (χ3n) is 3.45. The van der Waals surface area contributed by atoms with Gasteiger partial charge in [-0.2, -0.15) is 0 Å². The number of hydrogen-bond acceptors (Lipinski definition) is 3. The van der Waals surface area contributed by atoms with E-state index in [1.54, 1.807) is 16.9 Å². The van der Waals surface area contributed by atoms with Crippen LogP contribution in [-0.4, -0.2) is 16.2 Å². The molecule has 0 aliphatic rings. The van der Waals surface area contributed by atoms with Crippen LogP contribution in [0.4, 0.5) is 0 Å². The van der Waals surface area contributed by atoms with E-state index in [-0.39, 0.29) is 5.56 Å². The molecule has 0 unspecified atom stereocenters. The lowest BCUT2D eigenvalue weighted by molar-refractivity contribution is 0.607. The Morgan fingerprint density at radius 3 is 2.75 bits per heavy atom. The van der Waals surface area contributed by atoms with Crippen LogP contribution in [0.25, 0.3) is 11.0 Å². The largest absolute Gasteiger partial charge is 0.321 e. The summed E-state index contributed by atoms with van der Waals surface area (Å²) in [6.45, 7) is 3.03. The summed E-state index contributed by atoms with van der Waals surface area (Å²) in [5.41, 5.74) is 3.83. The second-order valence-electron chi connectivity index (χ2n) is 5.10. The number of pyridine rings is 2. The van der Waals surface area contributed by atoms with Crippen LogP contribution in [0.2, 0.25) is 0 Å². The van der Waals surface area contributed by atoms with Crippen molar-refractivity contribution in [3.05, 3.63) is 40.8 Å². The number of fused-ring (bicyclic) bond motifs is 1. The Bertz CT molecular complexity index is 592. The number of nitrogens with one attached hydrogen (secondary N) is 1. The molecule has 0 aromatic carbocycles. The highest BCUT2D eigenvalue weighted by atomic mass is 16.1. The molecule has 0 aliphatic heterocycles. The van der Waals surface area contributed by atoms with Crippen molar-refractivity contribution < 1.29 is 0 Å². The maximum Gasteiger partial charge on any atom is 0.270 e. The van der Waals surface area contributed by atoms with E-state index in [0.717, 1.165) is 18.4 Å². The molecule has 4 nitrogen and oxygen atoms in total. The van der Waals surface area contributed by atoms with Gasteiger partial charge in [0.15, 0.2) is 5.65 Å². The fourth-order valence-corrected chi connectivity index (χ4v) is 2.32. The molecule has 0 saturated carbocycles. The Morgan fingerprint density at radius 1 is 1.10 bits per heavy atom. The number of unbranched alkanes of at least 4 members (excludes halogenated alkanes) is 5. The van der Waals surface area contributed by atoms with Crippen molar-refractivity contribution in [2.75, 3.05) is 12.0 Å².